The molecule has 0 saturated heterocycles. The van der Waals surface area contributed by atoms with Crippen LogP contribution in [0.15, 0.2) is 107 Å². The molecule has 0 aromatic heterocycles. The predicted molar refractivity (Wildman–Crippen MR) is 142 cm³/mol. The van der Waals surface area contributed by atoms with Crippen molar-refractivity contribution < 1.29 is 13.8 Å². The number of fused-ring (bicyclic) bond motifs is 2. The molecule has 5 rings (SSSR count). The number of rotatable bonds is 5. The van der Waals surface area contributed by atoms with Gasteiger partial charge in [0.05, 0.1) is 44.4 Å². The molecule has 0 bridgehead atoms. The Balaban J connectivity index is 1.55. The van der Waals surface area contributed by atoms with E-state index in [9.17, 15) is 13.8 Å². The maximum absolute atomic E-state index is 13.7. The van der Waals surface area contributed by atoms with E-state index in [1.807, 2.05) is 49.4 Å². The molecule has 36 heavy (non-hydrogen) atoms. The maximum atomic E-state index is 13.7. The highest BCUT2D eigenvalue weighted by Crippen LogP contribution is 2.36. The molecule has 2 atom stereocenters. The summed E-state index contributed by atoms with van der Waals surface area (Å²) in [7, 11) is -1.59. The maximum Gasteiger partial charge on any atom is 0.259 e. The number of benzene rings is 4. The SMILES string of the molecule is C[C@H](NC(=O)c1ccc2c(c1)N(Cc1ccc(Cl)cc1)C(=O)c1ccccc1[S@@]2=O)c1ccccc1. The minimum absolute atomic E-state index is 0.206. The Hall–Kier alpha value is -3.74. The lowest BCUT2D eigenvalue weighted by Crippen LogP contribution is -2.31. The number of halogens is 1. The first kappa shape index (κ1) is 24.0. The van der Waals surface area contributed by atoms with Gasteiger partial charge in [0.25, 0.3) is 11.8 Å². The number of nitrogens with one attached hydrogen (secondary N) is 1. The first-order valence-electron chi connectivity index (χ1n) is 11.5. The lowest BCUT2D eigenvalue weighted by atomic mass is 10.1. The van der Waals surface area contributed by atoms with Gasteiger partial charge in [0.15, 0.2) is 0 Å². The van der Waals surface area contributed by atoms with Gasteiger partial charge in [-0.15, -0.1) is 0 Å². The van der Waals surface area contributed by atoms with Gasteiger partial charge in [-0.25, -0.2) is 4.21 Å². The summed E-state index contributed by atoms with van der Waals surface area (Å²) >= 11 is 6.05. The van der Waals surface area contributed by atoms with Gasteiger partial charge in [0.2, 0.25) is 0 Å². The van der Waals surface area contributed by atoms with Gasteiger partial charge in [-0.1, -0.05) is 66.2 Å². The second-order valence-electron chi connectivity index (χ2n) is 8.57. The second-order valence-corrected chi connectivity index (χ2v) is 10.4. The number of hydrogen-bond donors (Lipinski definition) is 1. The van der Waals surface area contributed by atoms with E-state index >= 15 is 0 Å². The highest BCUT2D eigenvalue weighted by molar-refractivity contribution is 7.85. The Labute approximate surface area is 217 Å². The molecule has 1 aliphatic rings. The third-order valence-corrected chi connectivity index (χ3v) is 7.93. The molecule has 1 heterocycles. The Morgan fingerprint density at radius 3 is 2.36 bits per heavy atom. The van der Waals surface area contributed by atoms with Crippen molar-refractivity contribution in [1.29, 1.82) is 0 Å². The number of carbonyl (C=O) groups is 2. The minimum Gasteiger partial charge on any atom is -0.346 e. The van der Waals surface area contributed by atoms with Gasteiger partial charge < -0.3 is 10.2 Å². The molecule has 1 aliphatic heterocycles. The summed E-state index contributed by atoms with van der Waals surface area (Å²) in [4.78, 5) is 29.4. The Bertz CT molecular complexity index is 1470. The van der Waals surface area contributed by atoms with Gasteiger partial charge in [-0.3, -0.25) is 9.59 Å². The number of hydrogen-bond acceptors (Lipinski definition) is 3. The van der Waals surface area contributed by atoms with Gasteiger partial charge in [0.1, 0.15) is 0 Å². The summed E-state index contributed by atoms with van der Waals surface area (Å²) in [5.41, 5.74) is 3.05. The van der Waals surface area contributed by atoms with Gasteiger partial charge in [0, 0.05) is 10.6 Å². The number of carbonyl (C=O) groups excluding carboxylic acids is 2. The number of amides is 2. The molecule has 0 fully saturated rings. The summed E-state index contributed by atoms with van der Waals surface area (Å²) in [6.07, 6.45) is 0. The van der Waals surface area contributed by atoms with Crippen LogP contribution in [0, 0.1) is 0 Å². The molecule has 4 aromatic carbocycles. The van der Waals surface area contributed by atoms with Crippen molar-refractivity contribution in [1.82, 2.24) is 5.32 Å². The van der Waals surface area contributed by atoms with Crippen LogP contribution in [0.4, 0.5) is 5.69 Å². The van der Waals surface area contributed by atoms with Crippen LogP contribution in [0.2, 0.25) is 5.02 Å². The summed E-state index contributed by atoms with van der Waals surface area (Å²) in [5, 5.41) is 3.61. The molecule has 180 valence electrons. The van der Waals surface area contributed by atoms with E-state index in [4.69, 9.17) is 11.6 Å². The van der Waals surface area contributed by atoms with Crippen LogP contribution in [0.5, 0.6) is 0 Å². The van der Waals surface area contributed by atoms with Crippen LogP contribution in [0.25, 0.3) is 0 Å². The van der Waals surface area contributed by atoms with Gasteiger partial charge in [-0.05, 0) is 60.5 Å². The first-order valence-corrected chi connectivity index (χ1v) is 13.0. The smallest absolute Gasteiger partial charge is 0.259 e. The average molecular weight is 515 g/mol. The summed E-state index contributed by atoms with van der Waals surface area (Å²) in [6, 6.07) is 28.6. The van der Waals surface area contributed by atoms with E-state index in [1.165, 1.54) is 0 Å². The Morgan fingerprint density at radius 2 is 1.61 bits per heavy atom. The van der Waals surface area contributed by atoms with Crippen molar-refractivity contribution >= 4 is 39.9 Å². The topological polar surface area (TPSA) is 66.5 Å². The van der Waals surface area contributed by atoms with E-state index in [-0.39, 0.29) is 24.4 Å². The summed E-state index contributed by atoms with van der Waals surface area (Å²) in [5.74, 6) is -0.552. The van der Waals surface area contributed by atoms with Crippen LogP contribution in [0.3, 0.4) is 0 Å². The third kappa shape index (κ3) is 4.70. The molecular formula is C29H23ClN2O3S. The molecule has 7 heteroatoms. The molecule has 0 unspecified atom stereocenters. The molecule has 0 saturated carbocycles. The van der Waals surface area contributed by atoms with Crippen LogP contribution in [0.1, 0.15) is 44.8 Å². The molecule has 5 nitrogen and oxygen atoms in total. The van der Waals surface area contributed by atoms with Gasteiger partial charge >= 0.3 is 0 Å². The van der Waals surface area contributed by atoms with Crippen molar-refractivity contribution in [2.24, 2.45) is 0 Å². The summed E-state index contributed by atoms with van der Waals surface area (Å²) in [6.45, 7) is 2.15. The zero-order chi connectivity index (χ0) is 25.2. The van der Waals surface area contributed by atoms with Crippen LogP contribution in [-0.2, 0) is 17.3 Å². The third-order valence-electron chi connectivity index (χ3n) is 6.18. The Kier molecular flexibility index (Phi) is 6.72. The minimum atomic E-state index is -1.59. The van der Waals surface area contributed by atoms with E-state index in [0.717, 1.165) is 11.1 Å². The number of nitrogens with zero attached hydrogens (tertiary/aromatic N) is 1. The molecule has 0 spiro atoms. The second kappa shape index (κ2) is 10.1. The van der Waals surface area contributed by atoms with E-state index in [2.05, 4.69) is 5.32 Å². The van der Waals surface area contributed by atoms with E-state index < -0.39 is 10.8 Å². The summed E-state index contributed by atoms with van der Waals surface area (Å²) < 4.78 is 13.6. The fourth-order valence-electron chi connectivity index (χ4n) is 4.24. The van der Waals surface area contributed by atoms with Crippen molar-refractivity contribution in [3.63, 3.8) is 0 Å². The largest absolute Gasteiger partial charge is 0.346 e. The predicted octanol–water partition coefficient (Wildman–Crippen LogP) is 6.16. The lowest BCUT2D eigenvalue weighted by molar-refractivity contribution is 0.0937. The van der Waals surface area contributed by atoms with Gasteiger partial charge in [-0.2, -0.15) is 0 Å². The average Bonchev–Trinajstić information content (AvgIpc) is 2.99. The molecular weight excluding hydrogens is 492 g/mol. The molecule has 4 aromatic rings. The van der Waals surface area contributed by atoms with Crippen LogP contribution in [-0.4, -0.2) is 16.0 Å². The molecule has 2 amide bonds. The normalized spacial score (nSPS) is 15.4. The zero-order valence-electron chi connectivity index (χ0n) is 19.5. The highest BCUT2D eigenvalue weighted by Gasteiger charge is 2.31. The lowest BCUT2D eigenvalue weighted by Gasteiger charge is -2.24. The fraction of sp³-hybridized carbons (Fsp3) is 0.103. The van der Waals surface area contributed by atoms with E-state index in [1.54, 1.807) is 59.5 Å². The number of anilines is 1. The van der Waals surface area contributed by atoms with Crippen molar-refractivity contribution in [2.45, 2.75) is 29.3 Å². The highest BCUT2D eigenvalue weighted by atomic mass is 35.5. The standard InChI is InChI=1S/C29H23ClN2O3S/c1-19(21-7-3-2-4-8-21)31-28(33)22-13-16-27-25(17-22)32(18-20-11-14-23(30)15-12-20)29(34)24-9-5-6-10-26(24)36(27)35/h2-17,19H,18H2,1H3,(H,31,33)/t19-,36-/m0/s1. The zero-order valence-corrected chi connectivity index (χ0v) is 21.1. The fourth-order valence-corrected chi connectivity index (χ4v) is 5.71. The van der Waals surface area contributed by atoms with E-state index in [0.29, 0.717) is 31.6 Å². The van der Waals surface area contributed by atoms with Crippen LogP contribution < -0.4 is 10.2 Å². The monoisotopic (exact) mass is 514 g/mol. The Morgan fingerprint density at radius 1 is 0.917 bits per heavy atom. The molecule has 0 aliphatic carbocycles. The van der Waals surface area contributed by atoms with Crippen LogP contribution >= 0.6 is 11.6 Å². The molecule has 0 radical (unpaired) electrons. The quantitative estimate of drug-likeness (QED) is 0.347. The van der Waals surface area contributed by atoms with Crippen molar-refractivity contribution in [3.05, 3.63) is 124 Å². The van der Waals surface area contributed by atoms with Crippen molar-refractivity contribution in [3.8, 4) is 0 Å². The first-order chi connectivity index (χ1) is 17.4. The van der Waals surface area contributed by atoms with Crippen molar-refractivity contribution in [2.75, 3.05) is 4.90 Å². The molecule has 1 N–H and O–H groups in total.